The van der Waals surface area contributed by atoms with E-state index in [1.807, 2.05) is 74.5 Å². The van der Waals surface area contributed by atoms with Gasteiger partial charge in [0.2, 0.25) is 5.91 Å². The Morgan fingerprint density at radius 2 is 1.26 bits per heavy atom. The Bertz CT molecular complexity index is 690. The predicted molar refractivity (Wildman–Crippen MR) is 106 cm³/mol. The first-order valence-electron chi connectivity index (χ1n) is 9.26. The van der Waals surface area contributed by atoms with E-state index >= 15 is 0 Å². The summed E-state index contributed by atoms with van der Waals surface area (Å²) in [6.45, 7) is 7.32. The Morgan fingerprint density at radius 3 is 1.67 bits per heavy atom. The molecule has 2 amide bonds. The number of hydrogen-bond donors (Lipinski definition) is 2. The van der Waals surface area contributed by atoms with Crippen molar-refractivity contribution in [2.75, 3.05) is 0 Å². The molecule has 27 heavy (non-hydrogen) atoms. The molecule has 0 unspecified atom stereocenters. The van der Waals surface area contributed by atoms with Gasteiger partial charge in [-0.25, -0.2) is 4.79 Å². The zero-order valence-corrected chi connectivity index (χ0v) is 16.3. The van der Waals surface area contributed by atoms with Crippen LogP contribution in [0.3, 0.4) is 0 Å². The lowest BCUT2D eigenvalue weighted by Gasteiger charge is -2.26. The zero-order valence-electron chi connectivity index (χ0n) is 16.3. The quantitative estimate of drug-likeness (QED) is 0.775. The van der Waals surface area contributed by atoms with Crippen LogP contribution in [-0.4, -0.2) is 24.1 Å². The third-order valence-electron chi connectivity index (χ3n) is 4.12. The lowest BCUT2D eigenvalue weighted by Crippen LogP contribution is -2.51. The standard InChI is InChI=1S/C22H28N2O3/c1-15(2)19(24-22(26)27-16(3)4)21(25)23-20(17-11-7-5-8-12-17)18-13-9-6-10-14-18/h5-16,19-20H,1-4H3,(H,23,25)(H,24,26)/t19-/m0/s1. The molecule has 144 valence electrons. The van der Waals surface area contributed by atoms with Gasteiger partial charge in [0.15, 0.2) is 0 Å². The monoisotopic (exact) mass is 368 g/mol. The van der Waals surface area contributed by atoms with Crippen LogP contribution in [-0.2, 0) is 9.53 Å². The number of amides is 2. The number of carbonyl (C=O) groups is 2. The number of alkyl carbamates (subject to hydrolysis) is 1. The number of rotatable bonds is 7. The Hall–Kier alpha value is -2.82. The molecule has 2 aromatic carbocycles. The van der Waals surface area contributed by atoms with Gasteiger partial charge in [-0.05, 0) is 30.9 Å². The van der Waals surface area contributed by atoms with Crippen molar-refractivity contribution in [3.8, 4) is 0 Å². The van der Waals surface area contributed by atoms with Crippen molar-refractivity contribution in [3.63, 3.8) is 0 Å². The van der Waals surface area contributed by atoms with Crippen molar-refractivity contribution in [2.24, 2.45) is 5.92 Å². The highest BCUT2D eigenvalue weighted by molar-refractivity contribution is 5.86. The minimum absolute atomic E-state index is 0.0862. The van der Waals surface area contributed by atoms with Gasteiger partial charge in [-0.15, -0.1) is 0 Å². The van der Waals surface area contributed by atoms with Gasteiger partial charge in [0.1, 0.15) is 6.04 Å². The summed E-state index contributed by atoms with van der Waals surface area (Å²) >= 11 is 0. The molecule has 0 bridgehead atoms. The summed E-state index contributed by atoms with van der Waals surface area (Å²) in [7, 11) is 0. The topological polar surface area (TPSA) is 67.4 Å². The largest absolute Gasteiger partial charge is 0.447 e. The summed E-state index contributed by atoms with van der Waals surface area (Å²) in [4.78, 5) is 25.0. The van der Waals surface area contributed by atoms with Crippen LogP contribution in [0.2, 0.25) is 0 Å². The second-order valence-corrected chi connectivity index (χ2v) is 7.08. The number of carbonyl (C=O) groups excluding carboxylic acids is 2. The molecule has 0 aliphatic carbocycles. The van der Waals surface area contributed by atoms with Crippen molar-refractivity contribution < 1.29 is 14.3 Å². The summed E-state index contributed by atoms with van der Waals surface area (Å²) < 4.78 is 5.13. The fourth-order valence-electron chi connectivity index (χ4n) is 2.79. The lowest BCUT2D eigenvalue weighted by atomic mass is 9.97. The molecule has 5 nitrogen and oxygen atoms in total. The van der Waals surface area contributed by atoms with Crippen LogP contribution in [0, 0.1) is 5.92 Å². The van der Waals surface area contributed by atoms with E-state index in [2.05, 4.69) is 10.6 Å². The van der Waals surface area contributed by atoms with Crippen molar-refractivity contribution >= 4 is 12.0 Å². The minimum atomic E-state index is -0.689. The molecule has 2 N–H and O–H groups in total. The van der Waals surface area contributed by atoms with Gasteiger partial charge in [0.25, 0.3) is 0 Å². The molecule has 0 spiro atoms. The van der Waals surface area contributed by atoms with Crippen molar-refractivity contribution in [2.45, 2.75) is 45.9 Å². The second kappa shape index (κ2) is 9.76. The maximum absolute atomic E-state index is 13.0. The van der Waals surface area contributed by atoms with Crippen LogP contribution < -0.4 is 10.6 Å². The van der Waals surface area contributed by atoms with Gasteiger partial charge in [-0.1, -0.05) is 74.5 Å². The zero-order chi connectivity index (χ0) is 19.8. The van der Waals surface area contributed by atoms with Crippen LogP contribution in [0.1, 0.15) is 44.9 Å². The molecule has 0 saturated carbocycles. The SMILES string of the molecule is CC(C)OC(=O)N[C@H](C(=O)NC(c1ccccc1)c1ccccc1)C(C)C. The maximum Gasteiger partial charge on any atom is 0.408 e. The highest BCUT2D eigenvalue weighted by atomic mass is 16.6. The summed E-state index contributed by atoms with van der Waals surface area (Å²) in [5.74, 6) is -0.333. The van der Waals surface area contributed by atoms with Gasteiger partial charge in [0.05, 0.1) is 12.1 Å². The van der Waals surface area contributed by atoms with E-state index in [9.17, 15) is 9.59 Å². The normalized spacial score (nSPS) is 12.1. The van der Waals surface area contributed by atoms with Gasteiger partial charge < -0.3 is 15.4 Å². The average Bonchev–Trinajstić information content (AvgIpc) is 2.64. The number of nitrogens with one attached hydrogen (secondary N) is 2. The van der Waals surface area contributed by atoms with Gasteiger partial charge in [-0.3, -0.25) is 4.79 Å². The van der Waals surface area contributed by atoms with E-state index < -0.39 is 12.1 Å². The summed E-state index contributed by atoms with van der Waals surface area (Å²) in [5, 5.41) is 5.76. The molecule has 0 heterocycles. The molecule has 2 aromatic rings. The van der Waals surface area contributed by atoms with Crippen LogP contribution in [0.5, 0.6) is 0 Å². The molecule has 0 fully saturated rings. The molecule has 5 heteroatoms. The first-order chi connectivity index (χ1) is 12.9. The first kappa shape index (κ1) is 20.5. The molecule has 0 radical (unpaired) electrons. The summed E-state index contributed by atoms with van der Waals surface area (Å²) in [6.07, 6.45) is -0.836. The molecular weight excluding hydrogens is 340 g/mol. The minimum Gasteiger partial charge on any atom is -0.447 e. The molecule has 2 rings (SSSR count). The molecular formula is C22H28N2O3. The average molecular weight is 368 g/mol. The third kappa shape index (κ3) is 6.13. The maximum atomic E-state index is 13.0. The van der Waals surface area contributed by atoms with Crippen LogP contribution in [0.15, 0.2) is 60.7 Å². The fraction of sp³-hybridized carbons (Fsp3) is 0.364. The Kier molecular flexibility index (Phi) is 7.41. The molecule has 0 saturated heterocycles. The number of benzene rings is 2. The predicted octanol–water partition coefficient (Wildman–Crippen LogP) is 4.05. The molecule has 0 aliphatic heterocycles. The summed E-state index contributed by atoms with van der Waals surface area (Å²) in [5.41, 5.74) is 1.95. The van der Waals surface area contributed by atoms with E-state index in [1.165, 1.54) is 0 Å². The Labute approximate surface area is 161 Å². The third-order valence-corrected chi connectivity index (χ3v) is 4.12. The van der Waals surface area contributed by atoms with Gasteiger partial charge >= 0.3 is 6.09 Å². The first-order valence-corrected chi connectivity index (χ1v) is 9.26. The Morgan fingerprint density at radius 1 is 0.778 bits per heavy atom. The lowest BCUT2D eigenvalue weighted by molar-refractivity contribution is -0.124. The van der Waals surface area contributed by atoms with E-state index in [1.54, 1.807) is 13.8 Å². The smallest absolute Gasteiger partial charge is 0.408 e. The Balaban J connectivity index is 2.22. The van der Waals surface area contributed by atoms with Crippen LogP contribution in [0.4, 0.5) is 4.79 Å². The molecule has 0 aliphatic rings. The van der Waals surface area contributed by atoms with E-state index in [-0.39, 0.29) is 24.0 Å². The molecule has 1 atom stereocenters. The van der Waals surface area contributed by atoms with E-state index in [0.717, 1.165) is 11.1 Å². The van der Waals surface area contributed by atoms with Crippen molar-refractivity contribution in [1.29, 1.82) is 0 Å². The highest BCUT2D eigenvalue weighted by Crippen LogP contribution is 2.22. The van der Waals surface area contributed by atoms with Crippen LogP contribution in [0.25, 0.3) is 0 Å². The van der Waals surface area contributed by atoms with Crippen molar-refractivity contribution in [3.05, 3.63) is 71.8 Å². The number of ether oxygens (including phenoxy) is 1. The summed E-state index contributed by atoms with van der Waals surface area (Å²) in [6, 6.07) is 18.5. The van der Waals surface area contributed by atoms with Crippen LogP contribution >= 0.6 is 0 Å². The fourth-order valence-corrected chi connectivity index (χ4v) is 2.79. The molecule has 0 aromatic heterocycles. The van der Waals surface area contributed by atoms with Gasteiger partial charge in [0, 0.05) is 0 Å². The second-order valence-electron chi connectivity index (χ2n) is 7.08. The number of hydrogen-bond acceptors (Lipinski definition) is 3. The van der Waals surface area contributed by atoms with Gasteiger partial charge in [-0.2, -0.15) is 0 Å². The van der Waals surface area contributed by atoms with E-state index in [0.29, 0.717) is 0 Å². The van der Waals surface area contributed by atoms with Crippen molar-refractivity contribution in [1.82, 2.24) is 10.6 Å². The highest BCUT2D eigenvalue weighted by Gasteiger charge is 2.28. The van der Waals surface area contributed by atoms with E-state index in [4.69, 9.17) is 4.74 Å².